The maximum Gasteiger partial charge on any atom is 0.337 e. The SMILES string of the molecule is CCOc1ccc([C@@H]2C(C(=O)OC)=CN=c3s/c(=C/c4cc(Br)cc(I)c4OCc4ccccc4)c(=O)n32)cc1OCC. The van der Waals surface area contributed by atoms with E-state index in [1.165, 1.54) is 29.2 Å². The van der Waals surface area contributed by atoms with Crippen molar-refractivity contribution in [3.8, 4) is 17.2 Å². The molecule has 0 saturated carbocycles. The summed E-state index contributed by atoms with van der Waals surface area (Å²) in [6, 6.07) is 18.4. The number of rotatable bonds is 10. The zero-order valence-electron chi connectivity index (χ0n) is 23.6. The molecule has 1 aromatic heterocycles. The van der Waals surface area contributed by atoms with Crippen molar-refractivity contribution >= 4 is 61.9 Å². The summed E-state index contributed by atoms with van der Waals surface area (Å²) in [5, 5.41) is 0. The number of ether oxygens (including phenoxy) is 4. The molecule has 43 heavy (non-hydrogen) atoms. The molecule has 2 heterocycles. The summed E-state index contributed by atoms with van der Waals surface area (Å²) in [5.41, 5.74) is 2.37. The summed E-state index contributed by atoms with van der Waals surface area (Å²) in [4.78, 5) is 31.9. The fourth-order valence-corrected chi connectivity index (χ4v) is 7.36. The minimum atomic E-state index is -0.780. The van der Waals surface area contributed by atoms with Crippen molar-refractivity contribution in [1.82, 2.24) is 4.57 Å². The second kappa shape index (κ2) is 13.9. The van der Waals surface area contributed by atoms with Crippen LogP contribution in [0, 0.1) is 3.57 Å². The Morgan fingerprint density at radius 3 is 2.51 bits per heavy atom. The molecule has 1 atom stereocenters. The van der Waals surface area contributed by atoms with E-state index in [1.54, 1.807) is 18.2 Å². The van der Waals surface area contributed by atoms with Crippen molar-refractivity contribution in [2.45, 2.75) is 26.5 Å². The minimum absolute atomic E-state index is 0.233. The van der Waals surface area contributed by atoms with Crippen molar-refractivity contribution < 1.29 is 23.7 Å². The highest BCUT2D eigenvalue weighted by Crippen LogP contribution is 2.35. The molecule has 1 aliphatic rings. The summed E-state index contributed by atoms with van der Waals surface area (Å²) in [5.74, 6) is 1.19. The highest BCUT2D eigenvalue weighted by Gasteiger charge is 2.31. The van der Waals surface area contributed by atoms with Gasteiger partial charge < -0.3 is 18.9 Å². The molecule has 0 saturated heterocycles. The number of methoxy groups -OCH3 is 1. The van der Waals surface area contributed by atoms with E-state index >= 15 is 0 Å². The van der Waals surface area contributed by atoms with E-state index in [1.807, 2.05) is 62.4 Å². The topological polar surface area (TPSA) is 88.4 Å². The lowest BCUT2D eigenvalue weighted by Crippen LogP contribution is -2.39. The van der Waals surface area contributed by atoms with E-state index < -0.39 is 12.0 Å². The number of thiazole rings is 1. The van der Waals surface area contributed by atoms with Gasteiger partial charge in [-0.2, -0.15) is 0 Å². The number of aromatic nitrogens is 1. The van der Waals surface area contributed by atoms with Gasteiger partial charge in [-0.1, -0.05) is 63.7 Å². The first-order valence-corrected chi connectivity index (χ1v) is 16.2. The lowest BCUT2D eigenvalue weighted by Gasteiger charge is -2.23. The molecule has 0 N–H and O–H groups in total. The van der Waals surface area contributed by atoms with Crippen molar-refractivity contribution in [3.63, 3.8) is 0 Å². The Morgan fingerprint density at radius 2 is 1.79 bits per heavy atom. The Morgan fingerprint density at radius 1 is 1.05 bits per heavy atom. The predicted molar refractivity (Wildman–Crippen MR) is 178 cm³/mol. The molecule has 0 unspecified atom stereocenters. The van der Waals surface area contributed by atoms with Crippen molar-refractivity contribution in [2.75, 3.05) is 20.3 Å². The van der Waals surface area contributed by atoms with Crippen LogP contribution in [0.25, 0.3) is 6.08 Å². The number of carbonyl (C=O) groups excluding carboxylic acids is 1. The number of fused-ring (bicyclic) bond motifs is 1. The van der Waals surface area contributed by atoms with Gasteiger partial charge in [-0.05, 0) is 77.9 Å². The number of hydrogen-bond donors (Lipinski definition) is 0. The minimum Gasteiger partial charge on any atom is -0.490 e. The summed E-state index contributed by atoms with van der Waals surface area (Å²) < 4.78 is 26.6. The number of nitrogens with zero attached hydrogens (tertiary/aromatic N) is 2. The maximum absolute atomic E-state index is 14.1. The first-order valence-electron chi connectivity index (χ1n) is 13.5. The van der Waals surface area contributed by atoms with Crippen LogP contribution in [0.15, 0.2) is 86.7 Å². The van der Waals surface area contributed by atoms with Crippen LogP contribution in [0.3, 0.4) is 0 Å². The molecule has 222 valence electrons. The monoisotopic (exact) mass is 774 g/mol. The van der Waals surface area contributed by atoms with Gasteiger partial charge in [-0.15, -0.1) is 0 Å². The standard InChI is InChI=1S/C32H28BrIN2O6S/c1-4-40-25-12-11-20(14-26(25)41-5-2)28-23(31(38)39-3)17-35-32-36(28)30(37)27(43-32)15-21-13-22(33)16-24(34)29(21)42-18-19-9-7-6-8-10-19/h6-17,28H,4-5,18H2,1-3H3/b27-15+/t28-/m1/s1. The molecular formula is C32H28BrIN2O6S. The van der Waals surface area contributed by atoms with Crippen LogP contribution >= 0.6 is 49.9 Å². The first kappa shape index (κ1) is 31.0. The Bertz CT molecular complexity index is 1870. The molecule has 11 heteroatoms. The number of benzene rings is 3. The van der Waals surface area contributed by atoms with Gasteiger partial charge in [0.2, 0.25) is 0 Å². The van der Waals surface area contributed by atoms with Crippen LogP contribution in [0.2, 0.25) is 0 Å². The van der Waals surface area contributed by atoms with E-state index in [-0.39, 0.29) is 11.1 Å². The van der Waals surface area contributed by atoms with E-state index in [0.29, 0.717) is 52.0 Å². The summed E-state index contributed by atoms with van der Waals surface area (Å²) in [7, 11) is 1.31. The highest BCUT2D eigenvalue weighted by atomic mass is 127. The Kier molecular flexibility index (Phi) is 10.0. The third-order valence-corrected chi connectivity index (χ3v) is 8.81. The van der Waals surface area contributed by atoms with Crippen LogP contribution < -0.4 is 29.1 Å². The van der Waals surface area contributed by atoms with E-state index in [0.717, 1.165) is 19.2 Å². The zero-order valence-corrected chi connectivity index (χ0v) is 28.2. The van der Waals surface area contributed by atoms with Gasteiger partial charge >= 0.3 is 5.97 Å². The summed E-state index contributed by atoms with van der Waals surface area (Å²) in [6.07, 6.45) is 3.28. The van der Waals surface area contributed by atoms with E-state index in [9.17, 15) is 9.59 Å². The lowest BCUT2D eigenvalue weighted by atomic mass is 9.97. The van der Waals surface area contributed by atoms with Crippen LogP contribution in [-0.2, 0) is 16.1 Å². The van der Waals surface area contributed by atoms with E-state index in [2.05, 4.69) is 43.5 Å². The molecule has 0 spiro atoms. The molecule has 0 bridgehead atoms. The largest absolute Gasteiger partial charge is 0.490 e. The van der Waals surface area contributed by atoms with Gasteiger partial charge in [-0.3, -0.25) is 9.36 Å². The smallest absolute Gasteiger partial charge is 0.337 e. The average molecular weight is 775 g/mol. The molecule has 1 aliphatic heterocycles. The van der Waals surface area contributed by atoms with Crippen LogP contribution in [0.5, 0.6) is 17.2 Å². The van der Waals surface area contributed by atoms with Gasteiger partial charge in [0.15, 0.2) is 16.3 Å². The zero-order chi connectivity index (χ0) is 30.5. The van der Waals surface area contributed by atoms with Gasteiger partial charge in [0.25, 0.3) is 5.56 Å². The number of halogens is 2. The van der Waals surface area contributed by atoms with Gasteiger partial charge in [0.05, 0.1) is 40.0 Å². The molecule has 8 nitrogen and oxygen atoms in total. The van der Waals surface area contributed by atoms with Crippen molar-refractivity contribution in [2.24, 2.45) is 4.99 Å². The number of esters is 1. The molecule has 0 amide bonds. The molecule has 0 fully saturated rings. The Labute approximate surface area is 274 Å². The number of hydrogen-bond acceptors (Lipinski definition) is 8. The van der Waals surface area contributed by atoms with Crippen LogP contribution in [-0.4, -0.2) is 30.9 Å². The Balaban J connectivity index is 1.64. The molecule has 4 aromatic rings. The van der Waals surface area contributed by atoms with Crippen molar-refractivity contribution in [3.05, 3.63) is 117 Å². The molecular weight excluding hydrogens is 747 g/mol. The summed E-state index contributed by atoms with van der Waals surface area (Å²) >= 11 is 7.05. The van der Waals surface area contributed by atoms with Gasteiger partial charge in [0.1, 0.15) is 12.4 Å². The molecule has 0 aliphatic carbocycles. The molecule has 0 radical (unpaired) electrons. The second-order valence-electron chi connectivity index (χ2n) is 9.33. The third-order valence-electron chi connectivity index (χ3n) is 6.56. The van der Waals surface area contributed by atoms with Crippen molar-refractivity contribution in [1.29, 1.82) is 0 Å². The lowest BCUT2D eigenvalue weighted by molar-refractivity contribution is -0.136. The van der Waals surface area contributed by atoms with Gasteiger partial charge in [-0.25, -0.2) is 9.79 Å². The third kappa shape index (κ3) is 6.73. The molecule has 5 rings (SSSR count). The Hall–Kier alpha value is -3.42. The average Bonchev–Trinajstić information content (AvgIpc) is 3.32. The van der Waals surface area contributed by atoms with Crippen LogP contribution in [0.4, 0.5) is 0 Å². The highest BCUT2D eigenvalue weighted by molar-refractivity contribution is 14.1. The normalized spacial score (nSPS) is 14.4. The number of carbonyl (C=O) groups is 1. The quantitative estimate of drug-likeness (QED) is 0.151. The van der Waals surface area contributed by atoms with Crippen LogP contribution in [0.1, 0.15) is 36.6 Å². The predicted octanol–water partition coefficient (Wildman–Crippen LogP) is 5.76. The van der Waals surface area contributed by atoms with E-state index in [4.69, 9.17) is 18.9 Å². The molecule has 3 aromatic carbocycles. The fraction of sp³-hybridized carbons (Fsp3) is 0.219. The fourth-order valence-electron chi connectivity index (χ4n) is 4.70. The second-order valence-corrected chi connectivity index (χ2v) is 12.4. The van der Waals surface area contributed by atoms with Gasteiger partial charge in [0, 0.05) is 16.2 Å². The summed E-state index contributed by atoms with van der Waals surface area (Å²) in [6.45, 7) is 5.04. The maximum atomic E-state index is 14.1. The first-order chi connectivity index (χ1) is 20.8.